The van der Waals surface area contributed by atoms with Crippen molar-refractivity contribution in [2.75, 3.05) is 29.0 Å². The van der Waals surface area contributed by atoms with Gasteiger partial charge in [-0.25, -0.2) is 0 Å². The lowest BCUT2D eigenvalue weighted by molar-refractivity contribution is 0.102. The summed E-state index contributed by atoms with van der Waals surface area (Å²) in [6.45, 7) is 4.02. The number of anilines is 3. The molecule has 1 amide bonds. The number of aryl methyl sites for hydroxylation is 1. The van der Waals surface area contributed by atoms with Crippen molar-refractivity contribution in [2.45, 2.75) is 32.6 Å². The maximum absolute atomic E-state index is 12.7. The van der Waals surface area contributed by atoms with E-state index >= 15 is 0 Å². The number of hydrogen-bond acceptors (Lipinski definition) is 3. The number of nitrogens with two attached hydrogens (primary N) is 1. The summed E-state index contributed by atoms with van der Waals surface area (Å²) in [5.74, 6) is -0.109. The largest absolute Gasteiger partial charge is 0.399 e. The molecule has 0 aromatic heterocycles. The van der Waals surface area contributed by atoms with Crippen LogP contribution in [0.3, 0.4) is 0 Å². The number of rotatable bonds is 3. The molecule has 1 aliphatic rings. The third-order valence-electron chi connectivity index (χ3n) is 4.61. The molecule has 4 nitrogen and oxygen atoms in total. The molecular formula is C20H25N3O. The Kier molecular flexibility index (Phi) is 5.04. The Morgan fingerprint density at radius 1 is 1.04 bits per heavy atom. The molecule has 3 N–H and O–H groups in total. The zero-order valence-electron chi connectivity index (χ0n) is 14.2. The molecule has 0 radical (unpaired) electrons. The Morgan fingerprint density at radius 2 is 1.75 bits per heavy atom. The maximum atomic E-state index is 12.7. The SMILES string of the molecule is Cc1ccc(N)cc1C(=O)Nc1ccccc1N1CCCCCC1. The summed E-state index contributed by atoms with van der Waals surface area (Å²) in [6.07, 6.45) is 4.98. The lowest BCUT2D eigenvalue weighted by Gasteiger charge is -2.25. The van der Waals surface area contributed by atoms with Crippen LogP contribution in [-0.2, 0) is 0 Å². The highest BCUT2D eigenvalue weighted by Crippen LogP contribution is 2.28. The summed E-state index contributed by atoms with van der Waals surface area (Å²) in [6, 6.07) is 13.5. The second-order valence-electron chi connectivity index (χ2n) is 6.45. The van der Waals surface area contributed by atoms with Gasteiger partial charge in [0.1, 0.15) is 0 Å². The van der Waals surface area contributed by atoms with E-state index in [0.29, 0.717) is 11.3 Å². The molecule has 0 unspecified atom stereocenters. The number of nitrogens with zero attached hydrogens (tertiary/aromatic N) is 1. The first-order valence-electron chi connectivity index (χ1n) is 8.66. The minimum Gasteiger partial charge on any atom is -0.399 e. The standard InChI is InChI=1S/C20H25N3O/c1-15-10-11-16(21)14-17(15)20(24)22-18-8-4-5-9-19(18)23-12-6-2-3-7-13-23/h4-5,8-11,14H,2-3,6-7,12-13,21H2,1H3,(H,22,24). The smallest absolute Gasteiger partial charge is 0.256 e. The third kappa shape index (κ3) is 3.70. The lowest BCUT2D eigenvalue weighted by atomic mass is 10.1. The first-order valence-corrected chi connectivity index (χ1v) is 8.66. The van der Waals surface area contributed by atoms with Gasteiger partial charge >= 0.3 is 0 Å². The van der Waals surface area contributed by atoms with E-state index in [0.717, 1.165) is 30.0 Å². The van der Waals surface area contributed by atoms with Crippen molar-refractivity contribution in [1.82, 2.24) is 0 Å². The minimum absolute atomic E-state index is 0.109. The molecule has 1 fully saturated rings. The average molecular weight is 323 g/mol. The van der Waals surface area contributed by atoms with Crippen LogP contribution in [0.5, 0.6) is 0 Å². The van der Waals surface area contributed by atoms with Gasteiger partial charge < -0.3 is 16.0 Å². The second kappa shape index (κ2) is 7.39. The van der Waals surface area contributed by atoms with Crippen molar-refractivity contribution < 1.29 is 4.79 Å². The Labute approximate surface area is 143 Å². The number of carbonyl (C=O) groups excluding carboxylic acids is 1. The molecule has 1 saturated heterocycles. The zero-order valence-corrected chi connectivity index (χ0v) is 14.2. The number of amides is 1. The summed E-state index contributed by atoms with van der Waals surface area (Å²) in [4.78, 5) is 15.1. The monoisotopic (exact) mass is 323 g/mol. The Hall–Kier alpha value is -2.49. The molecule has 2 aromatic carbocycles. The fourth-order valence-corrected chi connectivity index (χ4v) is 3.24. The topological polar surface area (TPSA) is 58.4 Å². The average Bonchev–Trinajstić information content (AvgIpc) is 2.87. The van der Waals surface area contributed by atoms with Gasteiger partial charge in [0.15, 0.2) is 0 Å². The number of para-hydroxylation sites is 2. The van der Waals surface area contributed by atoms with Gasteiger partial charge in [0.2, 0.25) is 0 Å². The number of hydrogen-bond donors (Lipinski definition) is 2. The molecule has 0 spiro atoms. The van der Waals surface area contributed by atoms with E-state index in [2.05, 4.69) is 16.3 Å². The third-order valence-corrected chi connectivity index (χ3v) is 4.61. The molecule has 2 aromatic rings. The van der Waals surface area contributed by atoms with Crippen LogP contribution in [0.4, 0.5) is 17.1 Å². The summed E-state index contributed by atoms with van der Waals surface area (Å²) in [5.41, 5.74) is 9.96. The van der Waals surface area contributed by atoms with Crippen LogP contribution in [0.2, 0.25) is 0 Å². The van der Waals surface area contributed by atoms with Gasteiger partial charge in [-0.1, -0.05) is 31.0 Å². The van der Waals surface area contributed by atoms with Crippen molar-refractivity contribution in [3.8, 4) is 0 Å². The summed E-state index contributed by atoms with van der Waals surface area (Å²) >= 11 is 0. The highest BCUT2D eigenvalue weighted by Gasteiger charge is 2.16. The summed E-state index contributed by atoms with van der Waals surface area (Å²) < 4.78 is 0. The molecule has 0 atom stereocenters. The van der Waals surface area contributed by atoms with Gasteiger partial charge in [0.05, 0.1) is 11.4 Å². The minimum atomic E-state index is -0.109. The molecular weight excluding hydrogens is 298 g/mol. The van der Waals surface area contributed by atoms with E-state index in [1.54, 1.807) is 6.07 Å². The van der Waals surface area contributed by atoms with Gasteiger partial charge in [-0.05, 0) is 49.6 Å². The van der Waals surface area contributed by atoms with Gasteiger partial charge in [0.25, 0.3) is 5.91 Å². The van der Waals surface area contributed by atoms with Crippen LogP contribution in [-0.4, -0.2) is 19.0 Å². The summed E-state index contributed by atoms with van der Waals surface area (Å²) in [7, 11) is 0. The molecule has 0 saturated carbocycles. The number of nitrogens with one attached hydrogen (secondary N) is 1. The summed E-state index contributed by atoms with van der Waals surface area (Å²) in [5, 5.41) is 3.08. The van der Waals surface area contributed by atoms with Gasteiger partial charge in [-0.2, -0.15) is 0 Å². The predicted molar refractivity (Wildman–Crippen MR) is 101 cm³/mol. The molecule has 0 aliphatic carbocycles. The Balaban J connectivity index is 1.84. The van der Waals surface area contributed by atoms with E-state index in [1.165, 1.54) is 25.7 Å². The van der Waals surface area contributed by atoms with Crippen LogP contribution < -0.4 is 16.0 Å². The molecule has 4 heteroatoms. The van der Waals surface area contributed by atoms with Crippen molar-refractivity contribution in [3.63, 3.8) is 0 Å². The molecule has 1 heterocycles. The molecule has 24 heavy (non-hydrogen) atoms. The van der Waals surface area contributed by atoms with Crippen molar-refractivity contribution in [2.24, 2.45) is 0 Å². The van der Waals surface area contributed by atoms with E-state index in [9.17, 15) is 4.79 Å². The van der Waals surface area contributed by atoms with Crippen LogP contribution in [0.25, 0.3) is 0 Å². The van der Waals surface area contributed by atoms with Crippen molar-refractivity contribution >= 4 is 23.0 Å². The van der Waals surface area contributed by atoms with Crippen LogP contribution in [0.15, 0.2) is 42.5 Å². The maximum Gasteiger partial charge on any atom is 0.256 e. The predicted octanol–water partition coefficient (Wildman–Crippen LogP) is 4.21. The first-order chi connectivity index (χ1) is 11.6. The molecule has 3 rings (SSSR count). The normalized spacial score (nSPS) is 15.0. The quantitative estimate of drug-likeness (QED) is 0.832. The zero-order chi connectivity index (χ0) is 16.9. The van der Waals surface area contributed by atoms with Crippen LogP contribution in [0, 0.1) is 6.92 Å². The van der Waals surface area contributed by atoms with Crippen molar-refractivity contribution in [1.29, 1.82) is 0 Å². The Bertz CT molecular complexity index is 719. The fourth-order valence-electron chi connectivity index (χ4n) is 3.24. The van der Waals surface area contributed by atoms with Gasteiger partial charge in [-0.15, -0.1) is 0 Å². The van der Waals surface area contributed by atoms with E-state index in [1.807, 2.05) is 37.3 Å². The molecule has 126 valence electrons. The van der Waals surface area contributed by atoms with Crippen LogP contribution >= 0.6 is 0 Å². The second-order valence-corrected chi connectivity index (χ2v) is 6.45. The first kappa shape index (κ1) is 16.4. The Morgan fingerprint density at radius 3 is 2.50 bits per heavy atom. The van der Waals surface area contributed by atoms with Crippen molar-refractivity contribution in [3.05, 3.63) is 53.6 Å². The molecule has 1 aliphatic heterocycles. The highest BCUT2D eigenvalue weighted by molar-refractivity contribution is 6.07. The van der Waals surface area contributed by atoms with E-state index in [4.69, 9.17) is 5.73 Å². The van der Waals surface area contributed by atoms with Gasteiger partial charge in [-0.3, -0.25) is 4.79 Å². The number of nitrogen functional groups attached to an aromatic ring is 1. The number of carbonyl (C=O) groups is 1. The van der Waals surface area contributed by atoms with E-state index < -0.39 is 0 Å². The molecule has 0 bridgehead atoms. The van der Waals surface area contributed by atoms with Gasteiger partial charge in [0, 0.05) is 24.3 Å². The van der Waals surface area contributed by atoms with E-state index in [-0.39, 0.29) is 5.91 Å². The number of benzene rings is 2. The van der Waals surface area contributed by atoms with Crippen LogP contribution in [0.1, 0.15) is 41.6 Å². The fraction of sp³-hybridized carbons (Fsp3) is 0.350. The lowest BCUT2D eigenvalue weighted by Crippen LogP contribution is -2.25. The highest BCUT2D eigenvalue weighted by atomic mass is 16.1.